The molecule has 5 heteroatoms. The second-order valence-electron chi connectivity index (χ2n) is 4.00. The highest BCUT2D eigenvalue weighted by Crippen LogP contribution is 2.18. The van der Waals surface area contributed by atoms with Crippen LogP contribution in [0.1, 0.15) is 31.2 Å². The number of hydrogen-bond donors (Lipinski definition) is 1. The fraction of sp³-hybridized carbons (Fsp3) is 0.308. The lowest BCUT2D eigenvalue weighted by Crippen LogP contribution is -1.86. The average Bonchev–Trinajstić information content (AvgIpc) is 2.86. The van der Waals surface area contributed by atoms with E-state index in [1.165, 1.54) is 0 Å². The predicted octanol–water partition coefficient (Wildman–Crippen LogP) is 2.37. The molecule has 0 aliphatic heterocycles. The van der Waals surface area contributed by atoms with E-state index in [4.69, 9.17) is 10.3 Å². The Kier molecular flexibility index (Phi) is 4.06. The Morgan fingerprint density at radius 3 is 2.72 bits per heavy atom. The third-order valence-corrected chi connectivity index (χ3v) is 2.59. The van der Waals surface area contributed by atoms with Crippen LogP contribution in [-0.4, -0.2) is 16.4 Å². The van der Waals surface area contributed by atoms with Crippen molar-refractivity contribution in [3.63, 3.8) is 0 Å². The molecule has 2 aromatic rings. The number of hydrazone groups is 1. The van der Waals surface area contributed by atoms with E-state index in [0.717, 1.165) is 30.4 Å². The summed E-state index contributed by atoms with van der Waals surface area (Å²) in [6.45, 7) is 2.13. The topological polar surface area (TPSA) is 77.3 Å². The van der Waals surface area contributed by atoms with Crippen LogP contribution < -0.4 is 5.84 Å². The smallest absolute Gasteiger partial charge is 0.247 e. The molecule has 0 fully saturated rings. The van der Waals surface area contributed by atoms with E-state index in [-0.39, 0.29) is 0 Å². The van der Waals surface area contributed by atoms with Crippen LogP contribution in [0.2, 0.25) is 0 Å². The number of hydrogen-bond acceptors (Lipinski definition) is 5. The van der Waals surface area contributed by atoms with Crippen LogP contribution in [0.3, 0.4) is 0 Å². The number of nitrogens with two attached hydrogens (primary N) is 1. The molecular weight excluding hydrogens is 228 g/mol. The first-order chi connectivity index (χ1) is 8.83. The number of rotatable bonds is 5. The first kappa shape index (κ1) is 12.3. The molecule has 0 atom stereocenters. The lowest BCUT2D eigenvalue weighted by molar-refractivity contribution is 0.496. The molecule has 0 saturated carbocycles. The van der Waals surface area contributed by atoms with Gasteiger partial charge in [0.15, 0.2) is 0 Å². The first-order valence-corrected chi connectivity index (χ1v) is 5.99. The molecule has 0 radical (unpaired) electrons. The zero-order valence-electron chi connectivity index (χ0n) is 10.3. The summed E-state index contributed by atoms with van der Waals surface area (Å²) in [5, 5.41) is 11.5. The summed E-state index contributed by atoms with van der Waals surface area (Å²) in [6, 6.07) is 7.63. The number of aromatic nitrogens is 2. The summed E-state index contributed by atoms with van der Waals surface area (Å²) >= 11 is 0. The fourth-order valence-electron chi connectivity index (χ4n) is 1.60. The van der Waals surface area contributed by atoms with Gasteiger partial charge in [0.1, 0.15) is 0 Å². The quantitative estimate of drug-likeness (QED) is 0.497. The Morgan fingerprint density at radius 1 is 1.28 bits per heavy atom. The molecule has 0 bridgehead atoms. The molecule has 0 aliphatic rings. The molecule has 1 aromatic carbocycles. The Balaban J connectivity index is 2.13. The normalized spacial score (nSPS) is 11.2. The van der Waals surface area contributed by atoms with Crippen molar-refractivity contribution < 1.29 is 4.42 Å². The van der Waals surface area contributed by atoms with E-state index < -0.39 is 0 Å². The zero-order valence-corrected chi connectivity index (χ0v) is 10.3. The molecule has 94 valence electrons. The molecule has 18 heavy (non-hydrogen) atoms. The standard InChI is InChI=1S/C13H16N4O/c1-2-3-4-12-16-17-13(18-12)11-7-5-10(6-8-11)9-15-14/h5-9H,2-4,14H2,1H3. The van der Waals surface area contributed by atoms with Gasteiger partial charge in [0, 0.05) is 12.0 Å². The SMILES string of the molecule is CCCCc1nnc(-c2ccc(C=NN)cc2)o1. The maximum atomic E-state index is 5.59. The summed E-state index contributed by atoms with van der Waals surface area (Å²) in [4.78, 5) is 0. The van der Waals surface area contributed by atoms with Gasteiger partial charge in [-0.15, -0.1) is 10.2 Å². The van der Waals surface area contributed by atoms with Crippen molar-refractivity contribution in [1.29, 1.82) is 0 Å². The van der Waals surface area contributed by atoms with E-state index in [0.29, 0.717) is 11.8 Å². The third kappa shape index (κ3) is 2.94. The maximum Gasteiger partial charge on any atom is 0.247 e. The average molecular weight is 244 g/mol. The summed E-state index contributed by atoms with van der Waals surface area (Å²) in [5.74, 6) is 6.34. The summed E-state index contributed by atoms with van der Waals surface area (Å²) in [6.07, 6.45) is 4.60. The van der Waals surface area contributed by atoms with Gasteiger partial charge in [-0.3, -0.25) is 0 Å². The zero-order chi connectivity index (χ0) is 12.8. The van der Waals surface area contributed by atoms with Gasteiger partial charge < -0.3 is 10.3 Å². The molecule has 0 unspecified atom stereocenters. The van der Waals surface area contributed by atoms with Gasteiger partial charge in [0.05, 0.1) is 6.21 Å². The minimum Gasteiger partial charge on any atom is -0.421 e. The van der Waals surface area contributed by atoms with Crippen molar-refractivity contribution in [2.45, 2.75) is 26.2 Å². The van der Waals surface area contributed by atoms with Gasteiger partial charge in [-0.2, -0.15) is 5.10 Å². The third-order valence-electron chi connectivity index (χ3n) is 2.59. The van der Waals surface area contributed by atoms with Crippen molar-refractivity contribution in [3.05, 3.63) is 35.7 Å². The van der Waals surface area contributed by atoms with Crippen molar-refractivity contribution in [2.75, 3.05) is 0 Å². The van der Waals surface area contributed by atoms with E-state index in [1.54, 1.807) is 6.21 Å². The minimum absolute atomic E-state index is 0.553. The Hall–Kier alpha value is -2.17. The molecule has 1 aromatic heterocycles. The molecule has 0 aliphatic carbocycles. The van der Waals surface area contributed by atoms with Crippen LogP contribution in [0.4, 0.5) is 0 Å². The number of unbranched alkanes of at least 4 members (excludes halogenated alkanes) is 1. The molecule has 0 amide bonds. The summed E-state index contributed by atoms with van der Waals surface area (Å²) in [7, 11) is 0. The van der Waals surface area contributed by atoms with Crippen LogP contribution in [0.5, 0.6) is 0 Å². The first-order valence-electron chi connectivity index (χ1n) is 5.99. The Morgan fingerprint density at radius 2 is 2.06 bits per heavy atom. The van der Waals surface area contributed by atoms with E-state index in [1.807, 2.05) is 24.3 Å². The predicted molar refractivity (Wildman–Crippen MR) is 70.1 cm³/mol. The molecule has 5 nitrogen and oxygen atoms in total. The second kappa shape index (κ2) is 5.95. The van der Waals surface area contributed by atoms with Crippen molar-refractivity contribution in [2.24, 2.45) is 10.9 Å². The highest BCUT2D eigenvalue weighted by atomic mass is 16.4. The van der Waals surface area contributed by atoms with Crippen molar-refractivity contribution in [1.82, 2.24) is 10.2 Å². The summed E-state index contributed by atoms with van der Waals surface area (Å²) < 4.78 is 5.59. The largest absolute Gasteiger partial charge is 0.421 e. The number of aryl methyl sites for hydroxylation is 1. The molecule has 0 saturated heterocycles. The molecule has 0 spiro atoms. The van der Waals surface area contributed by atoms with Gasteiger partial charge in [-0.05, 0) is 24.1 Å². The highest BCUT2D eigenvalue weighted by Gasteiger charge is 2.07. The highest BCUT2D eigenvalue weighted by molar-refractivity contribution is 5.80. The lowest BCUT2D eigenvalue weighted by atomic mass is 10.1. The van der Waals surface area contributed by atoms with Crippen LogP contribution in [0.25, 0.3) is 11.5 Å². The van der Waals surface area contributed by atoms with Crippen LogP contribution in [0.15, 0.2) is 33.8 Å². The molecule has 2 rings (SSSR count). The van der Waals surface area contributed by atoms with Gasteiger partial charge in [-0.1, -0.05) is 25.5 Å². The fourth-order valence-corrected chi connectivity index (χ4v) is 1.60. The lowest BCUT2D eigenvalue weighted by Gasteiger charge is -1.95. The van der Waals surface area contributed by atoms with Gasteiger partial charge >= 0.3 is 0 Å². The van der Waals surface area contributed by atoms with Gasteiger partial charge in [0.25, 0.3) is 0 Å². The Labute approximate surface area is 106 Å². The maximum absolute atomic E-state index is 5.59. The van der Waals surface area contributed by atoms with Crippen molar-refractivity contribution >= 4 is 6.21 Å². The van der Waals surface area contributed by atoms with Gasteiger partial charge in [0.2, 0.25) is 11.8 Å². The van der Waals surface area contributed by atoms with Gasteiger partial charge in [-0.25, -0.2) is 0 Å². The number of benzene rings is 1. The van der Waals surface area contributed by atoms with Crippen LogP contribution in [-0.2, 0) is 6.42 Å². The monoisotopic (exact) mass is 244 g/mol. The van der Waals surface area contributed by atoms with Crippen LogP contribution in [0, 0.1) is 0 Å². The van der Waals surface area contributed by atoms with Crippen molar-refractivity contribution in [3.8, 4) is 11.5 Å². The van der Waals surface area contributed by atoms with E-state index in [2.05, 4.69) is 22.2 Å². The van der Waals surface area contributed by atoms with E-state index in [9.17, 15) is 0 Å². The van der Waals surface area contributed by atoms with Crippen LogP contribution >= 0.6 is 0 Å². The molecular formula is C13H16N4O. The second-order valence-corrected chi connectivity index (χ2v) is 4.00. The molecule has 2 N–H and O–H groups in total. The summed E-state index contributed by atoms with van der Waals surface area (Å²) in [5.41, 5.74) is 1.84. The Bertz CT molecular complexity index is 516. The number of nitrogens with zero attached hydrogens (tertiary/aromatic N) is 3. The minimum atomic E-state index is 0.553. The molecule has 1 heterocycles. The van der Waals surface area contributed by atoms with E-state index >= 15 is 0 Å².